The number of aliphatic hydroxyl groups is 1. The summed E-state index contributed by atoms with van der Waals surface area (Å²) in [5, 5.41) is 20.3. The van der Waals surface area contributed by atoms with Crippen molar-refractivity contribution >= 4 is 5.91 Å². The van der Waals surface area contributed by atoms with E-state index in [-0.39, 0.29) is 36.8 Å². The van der Waals surface area contributed by atoms with Gasteiger partial charge < -0.3 is 25.8 Å². The topological polar surface area (TPSA) is 110 Å². The number of nitrogens with zero attached hydrogens (tertiary/aromatic N) is 1. The molecule has 3 heterocycles. The first-order valence-corrected chi connectivity index (χ1v) is 14.4. The van der Waals surface area contributed by atoms with Gasteiger partial charge in [0.05, 0.1) is 31.6 Å². The molecule has 2 saturated carbocycles. The third kappa shape index (κ3) is 6.37. The lowest BCUT2D eigenvalue weighted by molar-refractivity contribution is -0.130. The van der Waals surface area contributed by atoms with E-state index in [0.717, 1.165) is 64.8 Å². The van der Waals surface area contributed by atoms with Gasteiger partial charge in [-0.1, -0.05) is 19.3 Å². The average molecular weight is 493 g/mol. The van der Waals surface area contributed by atoms with Crippen LogP contribution in [0.25, 0.3) is 0 Å². The fraction of sp³-hybridized carbons (Fsp3) is 0.962. The van der Waals surface area contributed by atoms with E-state index in [1.807, 2.05) is 0 Å². The Labute approximate surface area is 210 Å². The number of amides is 1. The second-order valence-electron chi connectivity index (χ2n) is 11.6. The van der Waals surface area contributed by atoms with Crippen molar-refractivity contribution < 1.29 is 14.6 Å². The summed E-state index contributed by atoms with van der Waals surface area (Å²) in [6, 6.07) is 0.558. The monoisotopic (exact) mass is 492 g/mol. The average Bonchev–Trinajstić information content (AvgIpc) is 3.31. The Kier molecular flexibility index (Phi) is 9.32. The van der Waals surface area contributed by atoms with Crippen LogP contribution in [-0.4, -0.2) is 86.3 Å². The van der Waals surface area contributed by atoms with Crippen LogP contribution in [0.4, 0.5) is 0 Å². The van der Waals surface area contributed by atoms with Crippen LogP contribution in [0.5, 0.6) is 0 Å². The van der Waals surface area contributed by atoms with Crippen molar-refractivity contribution in [1.29, 1.82) is 0 Å². The summed E-state index contributed by atoms with van der Waals surface area (Å²) in [6.07, 6.45) is 11.9. The van der Waals surface area contributed by atoms with Gasteiger partial charge in [-0.15, -0.1) is 0 Å². The zero-order valence-electron chi connectivity index (χ0n) is 21.4. The SMILES string of the molecule is O=C(N[C@@H]1COCC2CCCCC21)C1CCCC(NCC2NNC(C3CCNCC3)N2CCO)C1. The van der Waals surface area contributed by atoms with Gasteiger partial charge in [-0.05, 0) is 75.8 Å². The molecular formula is C26H48N6O3. The van der Waals surface area contributed by atoms with Crippen LogP contribution in [0.3, 0.4) is 0 Å². The summed E-state index contributed by atoms with van der Waals surface area (Å²) in [7, 11) is 0. The van der Waals surface area contributed by atoms with Crippen LogP contribution in [0.2, 0.25) is 0 Å². The lowest BCUT2D eigenvalue weighted by Crippen LogP contribution is -2.54. The molecule has 6 unspecified atom stereocenters. The summed E-state index contributed by atoms with van der Waals surface area (Å²) < 4.78 is 5.87. The van der Waals surface area contributed by atoms with Gasteiger partial charge in [-0.3, -0.25) is 9.69 Å². The van der Waals surface area contributed by atoms with Crippen LogP contribution >= 0.6 is 0 Å². The van der Waals surface area contributed by atoms with Crippen LogP contribution in [0.15, 0.2) is 0 Å². The number of hydrogen-bond acceptors (Lipinski definition) is 8. The Balaban J connectivity index is 1.10. The number of rotatable bonds is 8. The molecule has 35 heavy (non-hydrogen) atoms. The summed E-state index contributed by atoms with van der Waals surface area (Å²) in [6.45, 7) is 5.34. The minimum Gasteiger partial charge on any atom is -0.395 e. The van der Waals surface area contributed by atoms with Crippen molar-refractivity contribution in [3.63, 3.8) is 0 Å². The smallest absolute Gasteiger partial charge is 0.223 e. The van der Waals surface area contributed by atoms with E-state index in [0.29, 0.717) is 36.9 Å². The van der Waals surface area contributed by atoms with Crippen molar-refractivity contribution in [2.24, 2.45) is 23.7 Å². The van der Waals surface area contributed by atoms with E-state index in [2.05, 4.69) is 31.7 Å². The third-order valence-electron chi connectivity index (χ3n) is 9.43. The molecule has 9 nitrogen and oxygen atoms in total. The van der Waals surface area contributed by atoms with E-state index >= 15 is 0 Å². The fourth-order valence-corrected chi connectivity index (χ4v) is 7.45. The van der Waals surface area contributed by atoms with Gasteiger partial charge in [0.25, 0.3) is 0 Å². The minimum absolute atomic E-state index is 0.0934. The number of piperidine rings is 1. The molecule has 5 rings (SSSR count). The van der Waals surface area contributed by atoms with Gasteiger partial charge in [0.15, 0.2) is 0 Å². The highest BCUT2D eigenvalue weighted by molar-refractivity contribution is 5.79. The fourth-order valence-electron chi connectivity index (χ4n) is 7.45. The van der Waals surface area contributed by atoms with Crippen molar-refractivity contribution in [3.8, 4) is 0 Å². The summed E-state index contributed by atoms with van der Waals surface area (Å²) in [5.41, 5.74) is 7.00. The summed E-state index contributed by atoms with van der Waals surface area (Å²) in [4.78, 5) is 15.6. The lowest BCUT2D eigenvalue weighted by Gasteiger charge is -2.42. The maximum absolute atomic E-state index is 13.2. The quantitative estimate of drug-likeness (QED) is 0.291. The van der Waals surface area contributed by atoms with Crippen molar-refractivity contribution in [2.75, 3.05) is 46.0 Å². The van der Waals surface area contributed by atoms with Crippen molar-refractivity contribution in [1.82, 2.24) is 31.7 Å². The molecule has 0 aromatic rings. The molecule has 0 spiro atoms. The number of carbonyl (C=O) groups excluding carboxylic acids is 1. The van der Waals surface area contributed by atoms with Crippen LogP contribution in [0.1, 0.15) is 64.2 Å². The van der Waals surface area contributed by atoms with E-state index < -0.39 is 0 Å². The summed E-state index contributed by atoms with van der Waals surface area (Å²) >= 11 is 0. The maximum atomic E-state index is 13.2. The third-order valence-corrected chi connectivity index (χ3v) is 9.43. The number of ether oxygens (including phenoxy) is 1. The Morgan fingerprint density at radius 3 is 2.69 bits per heavy atom. The molecular weight excluding hydrogens is 444 g/mol. The molecule has 3 aliphatic heterocycles. The number of fused-ring (bicyclic) bond motifs is 1. The molecule has 0 radical (unpaired) electrons. The van der Waals surface area contributed by atoms with E-state index in [9.17, 15) is 9.90 Å². The molecule has 9 heteroatoms. The first-order chi connectivity index (χ1) is 17.2. The van der Waals surface area contributed by atoms with Gasteiger partial charge in [-0.25, -0.2) is 10.9 Å². The molecule has 6 N–H and O–H groups in total. The number of hydrogen-bond donors (Lipinski definition) is 6. The highest BCUT2D eigenvalue weighted by atomic mass is 16.5. The first-order valence-electron chi connectivity index (χ1n) is 14.4. The highest BCUT2D eigenvalue weighted by Crippen LogP contribution is 2.36. The molecule has 0 bridgehead atoms. The lowest BCUT2D eigenvalue weighted by atomic mass is 9.74. The Hall–Kier alpha value is -0.810. The predicted molar refractivity (Wildman–Crippen MR) is 135 cm³/mol. The number of nitrogens with one attached hydrogen (secondary N) is 5. The standard InChI is InChI=1S/C26H48N6O3/c33-13-12-32-24(30-31-25(32)18-8-10-27-11-9-18)15-28-21-6-3-5-19(14-21)26(34)29-23-17-35-16-20-4-1-2-7-22(20)23/h18-25,27-28,30-31,33H,1-17H2,(H,29,34)/t19?,20?,21?,22?,23-,24?,25?/m1/s1. The number of β-amino-alcohol motifs (C(OH)–C–C–N with tert-alkyl or cyclic N) is 1. The van der Waals surface area contributed by atoms with Crippen LogP contribution < -0.4 is 26.8 Å². The molecule has 3 saturated heterocycles. The van der Waals surface area contributed by atoms with Crippen molar-refractivity contribution in [2.45, 2.75) is 88.6 Å². The van der Waals surface area contributed by atoms with E-state index in [1.54, 1.807) is 0 Å². The highest BCUT2D eigenvalue weighted by Gasteiger charge is 2.39. The van der Waals surface area contributed by atoms with Crippen molar-refractivity contribution in [3.05, 3.63) is 0 Å². The van der Waals surface area contributed by atoms with Gasteiger partial charge in [0.1, 0.15) is 0 Å². The van der Waals surface area contributed by atoms with Gasteiger partial charge in [0.2, 0.25) is 5.91 Å². The van der Waals surface area contributed by atoms with Crippen LogP contribution in [0, 0.1) is 23.7 Å². The first kappa shape index (κ1) is 25.8. The predicted octanol–water partition coefficient (Wildman–Crippen LogP) is 0.510. The Morgan fingerprint density at radius 1 is 0.971 bits per heavy atom. The summed E-state index contributed by atoms with van der Waals surface area (Å²) in [5.74, 6) is 2.16. The minimum atomic E-state index is 0.0934. The molecule has 5 aliphatic rings. The number of aliphatic hydroxyl groups excluding tert-OH is 1. The Morgan fingerprint density at radius 2 is 1.83 bits per heavy atom. The van der Waals surface area contributed by atoms with Gasteiger partial charge >= 0.3 is 0 Å². The molecule has 7 atom stereocenters. The second kappa shape index (κ2) is 12.6. The zero-order valence-corrected chi connectivity index (χ0v) is 21.4. The van der Waals surface area contributed by atoms with Crippen LogP contribution in [-0.2, 0) is 9.53 Å². The zero-order chi connectivity index (χ0) is 24.0. The maximum Gasteiger partial charge on any atom is 0.223 e. The largest absolute Gasteiger partial charge is 0.395 e. The number of hydrazine groups is 1. The second-order valence-corrected chi connectivity index (χ2v) is 11.6. The van der Waals surface area contributed by atoms with E-state index in [4.69, 9.17) is 4.74 Å². The van der Waals surface area contributed by atoms with E-state index in [1.165, 1.54) is 25.7 Å². The molecule has 0 aromatic heterocycles. The molecule has 1 amide bonds. The Bertz CT molecular complexity index is 675. The molecule has 5 fully saturated rings. The molecule has 0 aromatic carbocycles. The number of carbonyl (C=O) groups is 1. The molecule has 200 valence electrons. The van der Waals surface area contributed by atoms with Gasteiger partial charge in [0, 0.05) is 31.7 Å². The normalized spacial score (nSPS) is 39.3. The molecule has 2 aliphatic carbocycles. The van der Waals surface area contributed by atoms with Gasteiger partial charge in [-0.2, -0.15) is 0 Å².